The van der Waals surface area contributed by atoms with Crippen LogP contribution in [0.5, 0.6) is 11.5 Å². The van der Waals surface area contributed by atoms with Crippen LogP contribution in [0, 0.1) is 3.57 Å². The first kappa shape index (κ1) is 35.6. The monoisotopic (exact) mass is 808 g/mol. The van der Waals surface area contributed by atoms with Crippen molar-refractivity contribution in [2.75, 3.05) is 20.3 Å². The third-order valence-corrected chi connectivity index (χ3v) is 9.35. The van der Waals surface area contributed by atoms with E-state index in [1.54, 1.807) is 54.6 Å². The molecule has 0 saturated heterocycles. The molecule has 14 heteroatoms. The molecule has 0 spiro atoms. The van der Waals surface area contributed by atoms with Crippen LogP contribution in [0.4, 0.5) is 0 Å². The van der Waals surface area contributed by atoms with Crippen LogP contribution in [0.3, 0.4) is 0 Å². The van der Waals surface area contributed by atoms with Gasteiger partial charge in [-0.1, -0.05) is 47.5 Å². The van der Waals surface area contributed by atoms with Crippen molar-refractivity contribution in [1.82, 2.24) is 10.2 Å². The number of hydrogen-bond donors (Lipinski definition) is 4. The van der Waals surface area contributed by atoms with Crippen LogP contribution in [-0.2, 0) is 17.9 Å². The van der Waals surface area contributed by atoms with Gasteiger partial charge in [0.05, 0.1) is 40.0 Å². The first-order valence-electron chi connectivity index (χ1n) is 14.7. The molecule has 1 heterocycles. The van der Waals surface area contributed by atoms with Gasteiger partial charge in [-0.3, -0.25) is 9.59 Å². The number of benzene rings is 3. The molecule has 0 fully saturated rings. The maximum Gasteiger partial charge on any atom is 0.349 e. The highest BCUT2D eigenvalue weighted by molar-refractivity contribution is 14.1. The first-order chi connectivity index (χ1) is 23.0. The number of aliphatic hydroxyl groups is 3. The molecule has 3 aromatic carbocycles. The molecular weight excluding hydrogens is 778 g/mol. The summed E-state index contributed by atoms with van der Waals surface area (Å²) in [6, 6.07) is 15.1. The van der Waals surface area contributed by atoms with E-state index in [1.807, 2.05) is 22.6 Å². The Hall–Kier alpha value is -3.66. The molecule has 1 aliphatic rings. The van der Waals surface area contributed by atoms with E-state index in [2.05, 4.69) is 5.32 Å². The van der Waals surface area contributed by atoms with Crippen LogP contribution >= 0.6 is 45.8 Å². The molecule has 0 aliphatic heterocycles. The summed E-state index contributed by atoms with van der Waals surface area (Å²) in [4.78, 5) is 42.2. The molecule has 0 bridgehead atoms. The predicted molar refractivity (Wildman–Crippen MR) is 187 cm³/mol. The summed E-state index contributed by atoms with van der Waals surface area (Å²) < 4.78 is 17.8. The van der Waals surface area contributed by atoms with Crippen molar-refractivity contribution in [3.63, 3.8) is 0 Å². The van der Waals surface area contributed by atoms with Crippen LogP contribution in [0.2, 0.25) is 10.0 Å². The number of rotatable bonds is 11. The molecule has 0 radical (unpaired) electrons. The molecule has 11 nitrogen and oxygen atoms in total. The van der Waals surface area contributed by atoms with Crippen LogP contribution in [0.15, 0.2) is 81.5 Å². The molecule has 3 atom stereocenters. The van der Waals surface area contributed by atoms with Gasteiger partial charge < -0.3 is 39.4 Å². The van der Waals surface area contributed by atoms with E-state index in [4.69, 9.17) is 37.1 Å². The van der Waals surface area contributed by atoms with Crippen LogP contribution in [-0.4, -0.2) is 70.5 Å². The number of nitrogens with zero attached hydrogens (tertiary/aromatic N) is 1. The molecule has 48 heavy (non-hydrogen) atoms. The highest BCUT2D eigenvalue weighted by Gasteiger charge is 2.42. The predicted octanol–water partition coefficient (Wildman–Crippen LogP) is 4.46. The van der Waals surface area contributed by atoms with Gasteiger partial charge in [-0.15, -0.1) is 0 Å². The lowest BCUT2D eigenvalue weighted by Crippen LogP contribution is -2.55. The fraction of sp³-hybridized carbons (Fsp3) is 0.265. The maximum absolute atomic E-state index is 14.4. The third kappa shape index (κ3) is 7.80. The molecule has 4 N–H and O–H groups in total. The number of hydrogen-bond acceptors (Lipinski definition) is 9. The molecule has 2 amide bonds. The topological polar surface area (TPSA) is 159 Å². The quantitative estimate of drug-likeness (QED) is 0.127. The highest BCUT2D eigenvalue weighted by atomic mass is 127. The molecule has 1 aromatic heterocycles. The molecule has 0 saturated carbocycles. The van der Waals surface area contributed by atoms with Gasteiger partial charge in [0.25, 0.3) is 5.91 Å². The minimum absolute atomic E-state index is 0.0344. The number of para-hydroxylation sites is 1. The summed E-state index contributed by atoms with van der Waals surface area (Å²) in [5.41, 5.74) is 0.401. The Morgan fingerprint density at radius 3 is 2.54 bits per heavy atom. The second-order valence-corrected chi connectivity index (χ2v) is 12.9. The van der Waals surface area contributed by atoms with E-state index in [-0.39, 0.29) is 60.4 Å². The lowest BCUT2D eigenvalue weighted by molar-refractivity contribution is -0.118. The van der Waals surface area contributed by atoms with E-state index in [1.165, 1.54) is 24.2 Å². The van der Waals surface area contributed by atoms with Gasteiger partial charge in [0.1, 0.15) is 23.4 Å². The average Bonchev–Trinajstić information content (AvgIpc) is 3.08. The van der Waals surface area contributed by atoms with Crippen molar-refractivity contribution in [2.24, 2.45) is 0 Å². The number of nitrogens with one attached hydrogen (secondary N) is 1. The van der Waals surface area contributed by atoms with Crippen molar-refractivity contribution in [1.29, 1.82) is 0 Å². The van der Waals surface area contributed by atoms with Gasteiger partial charge >= 0.3 is 5.63 Å². The van der Waals surface area contributed by atoms with Crippen molar-refractivity contribution in [3.05, 3.63) is 113 Å². The zero-order chi connectivity index (χ0) is 34.5. The number of ether oxygens (including phenoxy) is 2. The minimum atomic E-state index is -1.43. The molecule has 1 aliphatic carbocycles. The number of aliphatic hydroxyl groups excluding tert-OH is 3. The van der Waals surface area contributed by atoms with Gasteiger partial charge in [0.2, 0.25) is 5.91 Å². The zero-order valence-electron chi connectivity index (χ0n) is 25.5. The summed E-state index contributed by atoms with van der Waals surface area (Å²) in [5, 5.41) is 34.6. The highest BCUT2D eigenvalue weighted by Crippen LogP contribution is 2.38. The van der Waals surface area contributed by atoms with E-state index < -0.39 is 35.7 Å². The van der Waals surface area contributed by atoms with Gasteiger partial charge in [-0.05, 0) is 76.2 Å². The number of carbonyl (C=O) groups is 2. The number of amides is 2. The Morgan fingerprint density at radius 2 is 1.83 bits per heavy atom. The van der Waals surface area contributed by atoms with Crippen LogP contribution < -0.4 is 20.4 Å². The SMILES string of the molecule is COc1cc(CO)cc(I)c1O[C@H]1C=C(C(=O)NCCO)C[C@@H](N(Cc2ccc(Cl)c(Cl)c2)C(=O)c2cc3ccccc3oc2=O)[C@@H]1O. The number of fused-ring (bicyclic) bond motifs is 1. The first-order valence-corrected chi connectivity index (χ1v) is 16.6. The zero-order valence-corrected chi connectivity index (χ0v) is 29.2. The molecule has 4 aromatic rings. The van der Waals surface area contributed by atoms with E-state index in [0.717, 1.165) is 0 Å². The summed E-state index contributed by atoms with van der Waals surface area (Å²) >= 11 is 14.5. The van der Waals surface area contributed by atoms with E-state index >= 15 is 0 Å². The van der Waals surface area contributed by atoms with Crippen molar-refractivity contribution in [3.8, 4) is 11.5 Å². The largest absolute Gasteiger partial charge is 0.493 e. The van der Waals surface area contributed by atoms with Gasteiger partial charge in [-0.2, -0.15) is 0 Å². The minimum Gasteiger partial charge on any atom is -0.493 e. The molecular formula is C34H31Cl2IN2O9. The van der Waals surface area contributed by atoms with Crippen molar-refractivity contribution >= 4 is 68.6 Å². The fourth-order valence-electron chi connectivity index (χ4n) is 5.43. The van der Waals surface area contributed by atoms with Crippen LogP contribution in [0.1, 0.15) is 27.9 Å². The Bertz CT molecular complexity index is 1930. The van der Waals surface area contributed by atoms with Gasteiger partial charge in [-0.25, -0.2) is 4.79 Å². The van der Waals surface area contributed by atoms with E-state index in [9.17, 15) is 29.7 Å². The van der Waals surface area contributed by atoms with Crippen molar-refractivity contribution < 1.29 is 38.8 Å². The van der Waals surface area contributed by atoms with Gasteiger partial charge in [0, 0.05) is 30.5 Å². The Balaban J connectivity index is 1.61. The maximum atomic E-state index is 14.4. The fourth-order valence-corrected chi connectivity index (χ4v) is 6.55. The lowest BCUT2D eigenvalue weighted by atomic mass is 9.87. The number of carbonyl (C=O) groups excluding carboxylic acids is 2. The standard InChI is InChI=1S/C34H31Cl2IN2O9/c1-46-29-12-19(17-41)11-25(37)31(29)47-28-15-21(32(43)38-8-9-40)14-26(30(28)42)39(16-18-6-7-23(35)24(36)10-18)33(44)22-13-20-4-2-3-5-27(20)48-34(22)45/h2-7,10-13,15,26,28,30,40-42H,8-9,14,16-17H2,1H3,(H,38,43)/t26-,28+,30+/m1/s1. The molecule has 0 unspecified atom stereocenters. The Kier molecular flexibility index (Phi) is 11.7. The van der Waals surface area contributed by atoms with Crippen molar-refractivity contribution in [2.45, 2.75) is 37.8 Å². The summed E-state index contributed by atoms with van der Waals surface area (Å²) in [6.07, 6.45) is -1.31. The second-order valence-electron chi connectivity index (χ2n) is 10.9. The second kappa shape index (κ2) is 15.7. The van der Waals surface area contributed by atoms with Gasteiger partial charge in [0.15, 0.2) is 11.5 Å². The number of methoxy groups -OCH3 is 1. The molecule has 252 valence electrons. The Labute approximate surface area is 298 Å². The normalized spacial score (nSPS) is 17.5. The third-order valence-electron chi connectivity index (χ3n) is 7.81. The van der Waals surface area contributed by atoms with Crippen LogP contribution in [0.25, 0.3) is 11.0 Å². The summed E-state index contributed by atoms with van der Waals surface area (Å²) in [6.45, 7) is -0.733. The summed E-state index contributed by atoms with van der Waals surface area (Å²) in [5.74, 6) is -0.791. The van der Waals surface area contributed by atoms with E-state index in [0.29, 0.717) is 30.7 Å². The molecule has 5 rings (SSSR count). The Morgan fingerprint density at radius 1 is 1.06 bits per heavy atom. The lowest BCUT2D eigenvalue weighted by Gasteiger charge is -2.40. The average molecular weight is 809 g/mol. The number of halogens is 3. The summed E-state index contributed by atoms with van der Waals surface area (Å²) in [7, 11) is 1.43. The smallest absolute Gasteiger partial charge is 0.349 e.